The molecule has 0 amide bonds. The predicted molar refractivity (Wildman–Crippen MR) is 87.0 cm³/mol. The summed E-state index contributed by atoms with van der Waals surface area (Å²) in [6.45, 7) is 10.3. The Morgan fingerprint density at radius 3 is 2.36 bits per heavy atom. The summed E-state index contributed by atoms with van der Waals surface area (Å²) in [5.74, 6) is -0.309. The molecule has 0 saturated carbocycles. The molecule has 4 nitrogen and oxygen atoms in total. The van der Waals surface area contributed by atoms with Crippen molar-refractivity contribution in [1.29, 1.82) is 0 Å². The summed E-state index contributed by atoms with van der Waals surface area (Å²) in [7, 11) is -3.53. The van der Waals surface area contributed by atoms with Gasteiger partial charge in [-0.15, -0.1) is 0 Å². The molecule has 1 aliphatic heterocycles. The Balaban J connectivity index is 2.34. The van der Waals surface area contributed by atoms with Gasteiger partial charge in [0.2, 0.25) is 10.0 Å². The van der Waals surface area contributed by atoms with Crippen molar-refractivity contribution in [3.05, 3.63) is 42.0 Å². The Morgan fingerprint density at radius 1 is 1.27 bits per heavy atom. The third-order valence-corrected chi connectivity index (χ3v) is 6.31. The molecule has 0 bridgehead atoms. The van der Waals surface area contributed by atoms with Crippen molar-refractivity contribution in [1.82, 2.24) is 4.31 Å². The topological polar surface area (TPSA) is 54.5 Å². The van der Waals surface area contributed by atoms with Crippen LogP contribution in [0.3, 0.4) is 0 Å². The number of aldehydes is 1. The average molecular weight is 321 g/mol. The third kappa shape index (κ3) is 3.15. The number of nitrogens with zero attached hydrogens (tertiary/aromatic N) is 1. The van der Waals surface area contributed by atoms with Crippen LogP contribution in [0.2, 0.25) is 0 Å². The van der Waals surface area contributed by atoms with Gasteiger partial charge in [0.1, 0.15) is 6.29 Å². The first-order valence-corrected chi connectivity index (χ1v) is 8.89. The van der Waals surface area contributed by atoms with Gasteiger partial charge in [0.15, 0.2) is 0 Å². The summed E-state index contributed by atoms with van der Waals surface area (Å²) < 4.78 is 27.1. The quantitative estimate of drug-likeness (QED) is 0.633. The van der Waals surface area contributed by atoms with E-state index in [1.54, 1.807) is 24.3 Å². The van der Waals surface area contributed by atoms with E-state index < -0.39 is 10.0 Å². The summed E-state index contributed by atoms with van der Waals surface area (Å²) in [6.07, 6.45) is 0.944. The Hall–Kier alpha value is -1.46. The van der Waals surface area contributed by atoms with Gasteiger partial charge in [-0.3, -0.25) is 0 Å². The van der Waals surface area contributed by atoms with Gasteiger partial charge < -0.3 is 4.79 Å². The Bertz CT molecular complexity index is 664. The van der Waals surface area contributed by atoms with Crippen molar-refractivity contribution in [3.8, 4) is 0 Å². The van der Waals surface area contributed by atoms with E-state index in [0.717, 1.165) is 17.4 Å². The molecule has 1 saturated heterocycles. The predicted octanol–water partition coefficient (Wildman–Crippen LogP) is 2.64. The van der Waals surface area contributed by atoms with Gasteiger partial charge in [-0.1, -0.05) is 36.8 Å². The lowest BCUT2D eigenvalue weighted by atomic mass is 9.77. The SMILES string of the molecule is C=C(C)[C@H]1CN(S(=O)(=O)c2ccc(C)cc2)C[C@H](C)[C@@H]1C=O. The van der Waals surface area contributed by atoms with Crippen molar-refractivity contribution in [2.75, 3.05) is 13.1 Å². The first kappa shape index (κ1) is 16.9. The standard InChI is InChI=1S/C17H23NO3S/c1-12(2)16-10-18(9-14(4)17(16)11-19)22(20,21)15-7-5-13(3)6-8-15/h5-8,11,14,16-17H,1,9-10H2,2-4H3/t14-,16+,17-/m0/s1. The Kier molecular flexibility index (Phi) is 4.87. The number of hydrogen-bond donors (Lipinski definition) is 0. The second-order valence-corrected chi connectivity index (χ2v) is 8.22. The fourth-order valence-electron chi connectivity index (χ4n) is 3.02. The molecule has 0 unspecified atom stereocenters. The lowest BCUT2D eigenvalue weighted by molar-refractivity contribution is -0.115. The molecule has 1 heterocycles. The molecule has 120 valence electrons. The average Bonchev–Trinajstić information content (AvgIpc) is 2.46. The number of hydrogen-bond acceptors (Lipinski definition) is 3. The van der Waals surface area contributed by atoms with Crippen LogP contribution in [0.5, 0.6) is 0 Å². The monoisotopic (exact) mass is 321 g/mol. The van der Waals surface area contributed by atoms with Crippen molar-refractivity contribution >= 4 is 16.3 Å². The van der Waals surface area contributed by atoms with Crippen molar-refractivity contribution in [2.45, 2.75) is 25.7 Å². The van der Waals surface area contributed by atoms with Gasteiger partial charge in [0, 0.05) is 24.9 Å². The molecular weight excluding hydrogens is 298 g/mol. The van der Waals surface area contributed by atoms with Crippen LogP contribution in [0.4, 0.5) is 0 Å². The molecule has 1 aromatic rings. The van der Waals surface area contributed by atoms with E-state index in [0.29, 0.717) is 18.0 Å². The fourth-order valence-corrected chi connectivity index (χ4v) is 4.59. The Morgan fingerprint density at radius 2 is 1.86 bits per heavy atom. The van der Waals surface area contributed by atoms with E-state index in [1.807, 2.05) is 20.8 Å². The molecule has 0 spiro atoms. The lowest BCUT2D eigenvalue weighted by Crippen LogP contribution is -2.48. The second kappa shape index (κ2) is 6.34. The minimum Gasteiger partial charge on any atom is -0.303 e. The van der Waals surface area contributed by atoms with Crippen LogP contribution in [0.25, 0.3) is 0 Å². The first-order chi connectivity index (χ1) is 10.3. The number of carbonyl (C=O) groups is 1. The molecule has 5 heteroatoms. The third-order valence-electron chi connectivity index (χ3n) is 4.46. The minimum atomic E-state index is -3.53. The van der Waals surface area contributed by atoms with Gasteiger partial charge in [0.05, 0.1) is 4.90 Å². The number of benzene rings is 1. The van der Waals surface area contributed by atoms with Crippen molar-refractivity contribution in [3.63, 3.8) is 0 Å². The molecule has 0 aliphatic carbocycles. The van der Waals surface area contributed by atoms with Gasteiger partial charge in [-0.2, -0.15) is 4.31 Å². The van der Waals surface area contributed by atoms with Crippen molar-refractivity contribution in [2.24, 2.45) is 17.8 Å². The molecule has 1 fully saturated rings. The first-order valence-electron chi connectivity index (χ1n) is 7.45. The molecule has 1 aliphatic rings. The highest BCUT2D eigenvalue weighted by Crippen LogP contribution is 2.34. The largest absolute Gasteiger partial charge is 0.303 e. The van der Waals surface area contributed by atoms with Crippen LogP contribution in [0.1, 0.15) is 19.4 Å². The second-order valence-electron chi connectivity index (χ2n) is 6.28. The number of piperidine rings is 1. The van der Waals surface area contributed by atoms with Crippen LogP contribution in [-0.2, 0) is 14.8 Å². The highest BCUT2D eigenvalue weighted by Gasteiger charge is 2.39. The van der Waals surface area contributed by atoms with Gasteiger partial charge in [-0.05, 0) is 31.9 Å². The lowest BCUT2D eigenvalue weighted by Gasteiger charge is -2.40. The summed E-state index contributed by atoms with van der Waals surface area (Å²) in [5, 5.41) is 0. The molecule has 3 atom stereocenters. The smallest absolute Gasteiger partial charge is 0.243 e. The maximum Gasteiger partial charge on any atom is 0.243 e. The van der Waals surface area contributed by atoms with Crippen molar-refractivity contribution < 1.29 is 13.2 Å². The maximum atomic E-state index is 12.8. The zero-order valence-corrected chi connectivity index (χ0v) is 14.1. The Labute approximate surface area is 132 Å². The van der Waals surface area contributed by atoms with E-state index in [2.05, 4.69) is 6.58 Å². The van der Waals surface area contributed by atoms with Crippen LogP contribution >= 0.6 is 0 Å². The molecular formula is C17H23NO3S. The summed E-state index contributed by atoms with van der Waals surface area (Å²) >= 11 is 0. The van der Waals surface area contributed by atoms with E-state index in [1.165, 1.54) is 4.31 Å². The molecule has 0 radical (unpaired) electrons. The van der Waals surface area contributed by atoms with Crippen LogP contribution in [0, 0.1) is 24.7 Å². The van der Waals surface area contributed by atoms with E-state index >= 15 is 0 Å². The number of rotatable bonds is 4. The van der Waals surface area contributed by atoms with Crippen LogP contribution in [0.15, 0.2) is 41.3 Å². The fraction of sp³-hybridized carbons (Fsp3) is 0.471. The zero-order valence-electron chi connectivity index (χ0n) is 13.3. The molecule has 0 aromatic heterocycles. The summed E-state index contributed by atoms with van der Waals surface area (Å²) in [5.41, 5.74) is 1.87. The normalized spacial score (nSPS) is 26.6. The van der Waals surface area contributed by atoms with E-state index in [4.69, 9.17) is 0 Å². The van der Waals surface area contributed by atoms with E-state index in [-0.39, 0.29) is 17.8 Å². The van der Waals surface area contributed by atoms with E-state index in [9.17, 15) is 13.2 Å². The zero-order chi connectivity index (χ0) is 16.5. The number of aryl methyl sites for hydroxylation is 1. The van der Waals surface area contributed by atoms with Crippen LogP contribution < -0.4 is 0 Å². The number of sulfonamides is 1. The highest BCUT2D eigenvalue weighted by molar-refractivity contribution is 7.89. The molecule has 1 aromatic carbocycles. The molecule has 0 N–H and O–H groups in total. The van der Waals surface area contributed by atoms with Gasteiger partial charge >= 0.3 is 0 Å². The van der Waals surface area contributed by atoms with Gasteiger partial charge in [-0.25, -0.2) is 8.42 Å². The summed E-state index contributed by atoms with van der Waals surface area (Å²) in [4.78, 5) is 11.6. The highest BCUT2D eigenvalue weighted by atomic mass is 32.2. The maximum absolute atomic E-state index is 12.8. The number of carbonyl (C=O) groups excluding carboxylic acids is 1. The van der Waals surface area contributed by atoms with Gasteiger partial charge in [0.25, 0.3) is 0 Å². The molecule has 22 heavy (non-hydrogen) atoms. The van der Waals surface area contributed by atoms with Crippen LogP contribution in [-0.4, -0.2) is 32.1 Å². The molecule has 2 rings (SSSR count). The minimum absolute atomic E-state index is 0.0202. The summed E-state index contributed by atoms with van der Waals surface area (Å²) in [6, 6.07) is 6.86.